The average Bonchev–Trinajstić information content (AvgIpc) is 3.35. The van der Waals surface area contributed by atoms with E-state index in [0.717, 1.165) is 12.3 Å². The van der Waals surface area contributed by atoms with Gasteiger partial charge in [-0.05, 0) is 30.4 Å². The lowest BCUT2D eigenvalue weighted by Gasteiger charge is -2.22. The number of hydrogen-bond donors (Lipinski definition) is 1. The Labute approximate surface area is 184 Å². The lowest BCUT2D eigenvalue weighted by Crippen LogP contribution is -2.39. The molecule has 0 amide bonds. The van der Waals surface area contributed by atoms with E-state index in [9.17, 15) is 34.8 Å². The van der Waals surface area contributed by atoms with E-state index in [0.29, 0.717) is 6.07 Å². The Kier molecular flexibility index (Phi) is 6.02. The molecule has 3 rings (SSSR count). The van der Waals surface area contributed by atoms with Gasteiger partial charge in [-0.3, -0.25) is 0 Å². The van der Waals surface area contributed by atoms with Crippen LogP contribution in [0.5, 0.6) is 0 Å². The summed E-state index contributed by atoms with van der Waals surface area (Å²) in [4.78, 5) is 0. The van der Waals surface area contributed by atoms with E-state index in [4.69, 9.17) is 0 Å². The first-order valence-electron chi connectivity index (χ1n) is 9.37. The molecule has 1 aliphatic carbocycles. The predicted octanol–water partition coefficient (Wildman–Crippen LogP) is 6.15. The van der Waals surface area contributed by atoms with Crippen LogP contribution in [0.3, 0.4) is 0 Å². The van der Waals surface area contributed by atoms with Crippen LogP contribution in [-0.4, -0.2) is 24.4 Å². The number of sulfonamides is 1. The van der Waals surface area contributed by atoms with Gasteiger partial charge in [-0.15, -0.1) is 0 Å². The average molecular weight is 535 g/mol. The van der Waals surface area contributed by atoms with Gasteiger partial charge in [0.05, 0.1) is 10.8 Å². The summed E-state index contributed by atoms with van der Waals surface area (Å²) >= 11 is 2.86. The molecule has 31 heavy (non-hydrogen) atoms. The quantitative estimate of drug-likeness (QED) is 0.467. The molecule has 2 aromatic rings. The molecule has 1 heterocycles. The molecule has 1 N–H and O–H groups in total. The normalized spacial score (nSPS) is 17.4. The molecule has 0 bridgehead atoms. The van der Waals surface area contributed by atoms with Crippen LogP contribution in [0, 0.1) is 5.41 Å². The number of aromatic nitrogens is 1. The number of alkyl halides is 6. The third-order valence-corrected chi connectivity index (χ3v) is 7.40. The van der Waals surface area contributed by atoms with Gasteiger partial charge in [0, 0.05) is 33.7 Å². The number of benzene rings is 1. The fourth-order valence-corrected chi connectivity index (χ4v) is 5.47. The maximum atomic E-state index is 13.9. The van der Waals surface area contributed by atoms with Crippen molar-refractivity contribution in [2.24, 2.45) is 5.41 Å². The fraction of sp³-hybridized carbons (Fsp3) is 0.579. The van der Waals surface area contributed by atoms with Crippen LogP contribution < -0.4 is 4.72 Å². The molecule has 0 saturated heterocycles. The second-order valence-electron chi connectivity index (χ2n) is 8.96. The Hall–Kier alpha value is -1.27. The van der Waals surface area contributed by atoms with Crippen LogP contribution in [0.1, 0.15) is 50.8 Å². The first-order chi connectivity index (χ1) is 13.9. The lowest BCUT2D eigenvalue weighted by molar-refractivity contribution is -0.152. The van der Waals surface area contributed by atoms with E-state index in [2.05, 4.69) is 15.9 Å². The molecule has 0 unspecified atom stereocenters. The molecule has 0 radical (unpaired) electrons. The SMILES string of the molecule is CC(C)(C)Cn1cc([C@H](NS(=O)(=O)C2CC2)C(F)(F)F)c2cc(C(F)(F)F)c(Br)cc21. The fourth-order valence-electron chi connectivity index (χ4n) is 3.37. The Morgan fingerprint density at radius 3 is 2.16 bits per heavy atom. The number of nitrogens with zero attached hydrogens (tertiary/aromatic N) is 1. The molecule has 4 nitrogen and oxygen atoms in total. The lowest BCUT2D eigenvalue weighted by atomic mass is 9.97. The highest BCUT2D eigenvalue weighted by atomic mass is 79.9. The molecule has 1 saturated carbocycles. The minimum Gasteiger partial charge on any atom is -0.347 e. The topological polar surface area (TPSA) is 51.1 Å². The summed E-state index contributed by atoms with van der Waals surface area (Å²) in [5.74, 6) is 0. The minimum absolute atomic E-state index is 0.143. The molecule has 0 spiro atoms. The standard InChI is InChI=1S/C19H21BrF6N2O2S/c1-17(2,3)9-28-8-12(11-6-13(18(21,22)23)14(20)7-15(11)28)16(19(24,25)26)27-31(29,30)10-4-5-10/h6-8,10,16,27H,4-5,9H2,1-3H3/t16-/m0/s1. The Bertz CT molecular complexity index is 1100. The summed E-state index contributed by atoms with van der Waals surface area (Å²) in [7, 11) is -4.27. The number of halogens is 7. The first-order valence-corrected chi connectivity index (χ1v) is 11.7. The summed E-state index contributed by atoms with van der Waals surface area (Å²) in [6.07, 6.45) is -8.27. The van der Waals surface area contributed by atoms with E-state index >= 15 is 0 Å². The zero-order valence-electron chi connectivity index (χ0n) is 16.8. The van der Waals surface area contributed by atoms with Crippen LogP contribution in [-0.2, 0) is 22.7 Å². The predicted molar refractivity (Wildman–Crippen MR) is 108 cm³/mol. The van der Waals surface area contributed by atoms with Crippen molar-refractivity contribution < 1.29 is 34.8 Å². The Morgan fingerprint density at radius 1 is 1.13 bits per heavy atom. The van der Waals surface area contributed by atoms with E-state index in [1.165, 1.54) is 4.57 Å². The molecule has 1 aromatic heterocycles. The highest BCUT2D eigenvalue weighted by molar-refractivity contribution is 9.10. The van der Waals surface area contributed by atoms with Gasteiger partial charge in [0.25, 0.3) is 0 Å². The maximum Gasteiger partial charge on any atom is 0.417 e. The monoisotopic (exact) mass is 534 g/mol. The number of nitrogens with one attached hydrogen (secondary N) is 1. The number of fused-ring (bicyclic) bond motifs is 1. The molecule has 1 aliphatic rings. The van der Waals surface area contributed by atoms with Gasteiger partial charge in [-0.2, -0.15) is 31.1 Å². The molecule has 1 atom stereocenters. The summed E-state index contributed by atoms with van der Waals surface area (Å²) in [6.45, 7) is 5.69. The second-order valence-corrected chi connectivity index (χ2v) is 11.8. The smallest absolute Gasteiger partial charge is 0.347 e. The highest BCUT2D eigenvalue weighted by Gasteiger charge is 2.48. The van der Waals surface area contributed by atoms with Crippen LogP contribution in [0.15, 0.2) is 22.8 Å². The number of rotatable bonds is 5. The summed E-state index contributed by atoms with van der Waals surface area (Å²) in [6, 6.07) is -0.905. The molecule has 1 aromatic carbocycles. The molecule has 12 heteroatoms. The minimum atomic E-state index is -5.05. The van der Waals surface area contributed by atoms with Crippen molar-refractivity contribution >= 4 is 36.9 Å². The Balaban J connectivity index is 2.27. The molecular weight excluding hydrogens is 514 g/mol. The van der Waals surface area contributed by atoms with E-state index in [1.54, 1.807) is 4.72 Å². The third-order valence-electron chi connectivity index (χ3n) is 4.83. The van der Waals surface area contributed by atoms with Gasteiger partial charge in [-0.25, -0.2) is 8.42 Å². The zero-order chi connectivity index (χ0) is 23.6. The van der Waals surface area contributed by atoms with Crippen molar-refractivity contribution in [2.75, 3.05) is 0 Å². The molecule has 1 fully saturated rings. The van der Waals surface area contributed by atoms with Gasteiger partial charge < -0.3 is 4.57 Å². The van der Waals surface area contributed by atoms with Gasteiger partial charge >= 0.3 is 12.4 Å². The van der Waals surface area contributed by atoms with Gasteiger partial charge in [0.1, 0.15) is 6.04 Å². The molecule has 174 valence electrons. The first kappa shape index (κ1) is 24.4. The van der Waals surface area contributed by atoms with Crippen molar-refractivity contribution in [3.63, 3.8) is 0 Å². The maximum absolute atomic E-state index is 13.9. The van der Waals surface area contributed by atoms with Gasteiger partial charge in [-0.1, -0.05) is 36.7 Å². The third kappa shape index (κ3) is 5.39. The van der Waals surface area contributed by atoms with E-state index in [1.807, 2.05) is 20.8 Å². The summed E-state index contributed by atoms with van der Waals surface area (Å²) < 4.78 is 109. The summed E-state index contributed by atoms with van der Waals surface area (Å²) in [5, 5.41) is -1.22. The molecule has 0 aliphatic heterocycles. The van der Waals surface area contributed by atoms with Gasteiger partial charge in [0.2, 0.25) is 10.0 Å². The van der Waals surface area contributed by atoms with E-state index < -0.39 is 50.2 Å². The van der Waals surface area contributed by atoms with E-state index in [-0.39, 0.29) is 34.8 Å². The summed E-state index contributed by atoms with van der Waals surface area (Å²) in [5.41, 5.74) is -1.96. The van der Waals surface area contributed by atoms with Crippen LogP contribution in [0.25, 0.3) is 10.9 Å². The van der Waals surface area contributed by atoms with Crippen LogP contribution >= 0.6 is 15.9 Å². The van der Waals surface area contributed by atoms with Crippen molar-refractivity contribution in [3.8, 4) is 0 Å². The number of hydrogen-bond acceptors (Lipinski definition) is 2. The second kappa shape index (κ2) is 7.65. The van der Waals surface area contributed by atoms with Crippen molar-refractivity contribution in [1.82, 2.24) is 9.29 Å². The van der Waals surface area contributed by atoms with Crippen molar-refractivity contribution in [3.05, 3.63) is 33.9 Å². The largest absolute Gasteiger partial charge is 0.417 e. The van der Waals surface area contributed by atoms with Crippen molar-refractivity contribution in [1.29, 1.82) is 0 Å². The van der Waals surface area contributed by atoms with Crippen molar-refractivity contribution in [2.45, 2.75) is 63.8 Å². The zero-order valence-corrected chi connectivity index (χ0v) is 19.2. The highest BCUT2D eigenvalue weighted by Crippen LogP contribution is 2.43. The van der Waals surface area contributed by atoms with Crippen LogP contribution in [0.4, 0.5) is 26.3 Å². The van der Waals surface area contributed by atoms with Gasteiger partial charge in [0.15, 0.2) is 0 Å². The molecular formula is C19H21BrF6N2O2S. The Morgan fingerprint density at radius 2 is 1.71 bits per heavy atom. The van der Waals surface area contributed by atoms with Crippen LogP contribution in [0.2, 0.25) is 0 Å².